The van der Waals surface area contributed by atoms with E-state index in [0.717, 1.165) is 42.2 Å². The first-order valence-corrected chi connectivity index (χ1v) is 7.43. The number of thiophene rings is 1. The molecule has 1 aliphatic rings. The zero-order chi connectivity index (χ0) is 13.4. The van der Waals surface area contributed by atoms with Gasteiger partial charge in [0.05, 0.1) is 11.9 Å². The van der Waals surface area contributed by atoms with Crippen molar-refractivity contribution in [3.05, 3.63) is 17.3 Å². The summed E-state index contributed by atoms with van der Waals surface area (Å²) in [5, 5.41) is 2.98. The average molecular weight is 277 g/mol. The third-order valence-corrected chi connectivity index (χ3v) is 4.62. The van der Waals surface area contributed by atoms with Crippen LogP contribution in [0.4, 0.5) is 5.82 Å². The Hall–Kier alpha value is -1.24. The number of fused-ring (bicyclic) bond motifs is 1. The van der Waals surface area contributed by atoms with Gasteiger partial charge < -0.3 is 10.6 Å². The summed E-state index contributed by atoms with van der Waals surface area (Å²) in [6.07, 6.45) is 0. The fourth-order valence-corrected chi connectivity index (χ4v) is 3.25. The quantitative estimate of drug-likeness (QED) is 0.899. The van der Waals surface area contributed by atoms with Gasteiger partial charge in [-0.15, -0.1) is 11.3 Å². The number of nitrogen functional groups attached to an aromatic ring is 1. The highest BCUT2D eigenvalue weighted by Gasteiger charge is 2.21. The number of hydrogen-bond donors (Lipinski definition) is 1. The van der Waals surface area contributed by atoms with Gasteiger partial charge in [-0.3, -0.25) is 4.90 Å². The lowest BCUT2D eigenvalue weighted by Gasteiger charge is -2.37. The van der Waals surface area contributed by atoms with E-state index in [0.29, 0.717) is 11.9 Å². The maximum Gasteiger partial charge on any atom is 0.146 e. The van der Waals surface area contributed by atoms with Crippen LogP contribution in [-0.2, 0) is 6.54 Å². The average Bonchev–Trinajstić information content (AvgIpc) is 2.82. The summed E-state index contributed by atoms with van der Waals surface area (Å²) in [6, 6.07) is 2.56. The normalized spacial score (nSPS) is 22.1. The molecule has 0 aromatic carbocycles. The van der Waals surface area contributed by atoms with Gasteiger partial charge in [-0.2, -0.15) is 0 Å². The third kappa shape index (κ3) is 2.56. The molecule has 0 spiro atoms. The molecule has 0 amide bonds. The fraction of sp³-hybridized carbons (Fsp3) is 0.538. The van der Waals surface area contributed by atoms with Crippen molar-refractivity contribution in [2.24, 2.45) is 0 Å². The Balaban J connectivity index is 1.78. The summed E-state index contributed by atoms with van der Waals surface area (Å²) in [5.41, 5.74) is 5.98. The highest BCUT2D eigenvalue weighted by molar-refractivity contribution is 7.16. The van der Waals surface area contributed by atoms with Crippen molar-refractivity contribution in [2.75, 3.05) is 32.4 Å². The molecule has 1 atom stereocenters. The second kappa shape index (κ2) is 5.03. The van der Waals surface area contributed by atoms with Crippen LogP contribution in [0.15, 0.2) is 11.4 Å². The van der Waals surface area contributed by atoms with E-state index in [9.17, 15) is 0 Å². The first-order valence-electron chi connectivity index (χ1n) is 6.55. The van der Waals surface area contributed by atoms with E-state index in [1.54, 1.807) is 11.3 Å². The van der Waals surface area contributed by atoms with Gasteiger partial charge in [0.1, 0.15) is 16.5 Å². The molecule has 1 unspecified atom stereocenters. The molecule has 102 valence electrons. The number of rotatable bonds is 2. The summed E-state index contributed by atoms with van der Waals surface area (Å²) in [6.45, 7) is 6.26. The molecule has 1 fully saturated rings. The summed E-state index contributed by atoms with van der Waals surface area (Å²) in [5.74, 6) is 1.44. The topological polar surface area (TPSA) is 58.3 Å². The van der Waals surface area contributed by atoms with E-state index in [-0.39, 0.29) is 0 Å². The lowest BCUT2D eigenvalue weighted by molar-refractivity contribution is 0.0981. The van der Waals surface area contributed by atoms with Crippen LogP contribution in [-0.4, -0.2) is 52.5 Å². The number of likely N-dealkylation sites (N-methyl/N-ethyl adjacent to an activating group) is 1. The van der Waals surface area contributed by atoms with Crippen LogP contribution >= 0.6 is 11.3 Å². The van der Waals surface area contributed by atoms with Gasteiger partial charge in [-0.1, -0.05) is 0 Å². The van der Waals surface area contributed by atoms with Gasteiger partial charge in [0.15, 0.2) is 0 Å². The fourth-order valence-electron chi connectivity index (χ4n) is 2.46. The Bertz CT molecular complexity index is 581. The smallest absolute Gasteiger partial charge is 0.146 e. The van der Waals surface area contributed by atoms with Gasteiger partial charge in [0.25, 0.3) is 0 Å². The highest BCUT2D eigenvalue weighted by Crippen LogP contribution is 2.23. The van der Waals surface area contributed by atoms with Gasteiger partial charge >= 0.3 is 0 Å². The predicted octanol–water partition coefficient (Wildman–Crippen LogP) is 1.41. The van der Waals surface area contributed by atoms with E-state index in [2.05, 4.69) is 33.7 Å². The summed E-state index contributed by atoms with van der Waals surface area (Å²) < 4.78 is 0. The molecule has 6 heteroatoms. The molecule has 2 N–H and O–H groups in total. The first-order chi connectivity index (χ1) is 9.13. The summed E-state index contributed by atoms with van der Waals surface area (Å²) in [4.78, 5) is 14.8. The third-order valence-electron chi connectivity index (χ3n) is 3.81. The van der Waals surface area contributed by atoms with Crippen molar-refractivity contribution in [3.63, 3.8) is 0 Å². The Morgan fingerprint density at radius 3 is 3.05 bits per heavy atom. The summed E-state index contributed by atoms with van der Waals surface area (Å²) >= 11 is 1.62. The van der Waals surface area contributed by atoms with Crippen LogP contribution in [0, 0.1) is 0 Å². The Labute approximate surface area is 117 Å². The molecule has 2 aromatic heterocycles. The van der Waals surface area contributed by atoms with Crippen LogP contribution in [0.3, 0.4) is 0 Å². The minimum Gasteiger partial charge on any atom is -0.383 e. The first kappa shape index (κ1) is 12.8. The van der Waals surface area contributed by atoms with E-state index in [1.165, 1.54) is 0 Å². The van der Waals surface area contributed by atoms with Gasteiger partial charge in [0, 0.05) is 25.7 Å². The molecule has 0 bridgehead atoms. The second-order valence-electron chi connectivity index (χ2n) is 5.23. The van der Waals surface area contributed by atoms with Gasteiger partial charge in [-0.05, 0) is 25.4 Å². The van der Waals surface area contributed by atoms with E-state index in [4.69, 9.17) is 5.73 Å². The maximum atomic E-state index is 5.98. The zero-order valence-electron chi connectivity index (χ0n) is 11.3. The minimum absolute atomic E-state index is 0.580. The van der Waals surface area contributed by atoms with Crippen LogP contribution in [0.25, 0.3) is 10.2 Å². The molecule has 3 heterocycles. The van der Waals surface area contributed by atoms with E-state index >= 15 is 0 Å². The monoisotopic (exact) mass is 277 g/mol. The van der Waals surface area contributed by atoms with E-state index < -0.39 is 0 Å². The predicted molar refractivity (Wildman–Crippen MR) is 79.2 cm³/mol. The molecule has 2 aromatic rings. The van der Waals surface area contributed by atoms with Crippen molar-refractivity contribution < 1.29 is 0 Å². The van der Waals surface area contributed by atoms with Crippen molar-refractivity contribution in [1.82, 2.24) is 19.8 Å². The number of aromatic nitrogens is 2. The molecular weight excluding hydrogens is 258 g/mol. The number of piperazine rings is 1. The number of nitrogens with two attached hydrogens (primary N) is 1. The lowest BCUT2D eigenvalue weighted by atomic mass is 10.2. The largest absolute Gasteiger partial charge is 0.383 e. The highest BCUT2D eigenvalue weighted by atomic mass is 32.1. The molecule has 19 heavy (non-hydrogen) atoms. The molecule has 3 rings (SSSR count). The van der Waals surface area contributed by atoms with Gasteiger partial charge in [-0.25, -0.2) is 9.97 Å². The van der Waals surface area contributed by atoms with E-state index in [1.807, 2.05) is 11.4 Å². The minimum atomic E-state index is 0.580. The Kier molecular flexibility index (Phi) is 3.38. The summed E-state index contributed by atoms with van der Waals surface area (Å²) in [7, 11) is 2.17. The van der Waals surface area contributed by atoms with Crippen LogP contribution in [0.5, 0.6) is 0 Å². The number of anilines is 1. The van der Waals surface area contributed by atoms with Crippen LogP contribution < -0.4 is 5.73 Å². The molecule has 0 radical (unpaired) electrons. The molecule has 1 saturated heterocycles. The lowest BCUT2D eigenvalue weighted by Crippen LogP contribution is -2.49. The van der Waals surface area contributed by atoms with Crippen molar-refractivity contribution in [2.45, 2.75) is 19.5 Å². The number of hydrogen-bond acceptors (Lipinski definition) is 6. The van der Waals surface area contributed by atoms with Crippen molar-refractivity contribution in [3.8, 4) is 0 Å². The molecule has 1 aliphatic heterocycles. The maximum absolute atomic E-state index is 5.98. The molecule has 0 aliphatic carbocycles. The van der Waals surface area contributed by atoms with Crippen LogP contribution in [0.1, 0.15) is 12.7 Å². The zero-order valence-corrected chi connectivity index (χ0v) is 12.2. The molecular formula is C13H19N5S. The number of nitrogens with zero attached hydrogens (tertiary/aromatic N) is 4. The van der Waals surface area contributed by atoms with Crippen LogP contribution in [0.2, 0.25) is 0 Å². The van der Waals surface area contributed by atoms with Gasteiger partial charge in [0.2, 0.25) is 0 Å². The van der Waals surface area contributed by atoms with Crippen molar-refractivity contribution >= 4 is 27.4 Å². The Morgan fingerprint density at radius 2 is 2.26 bits per heavy atom. The standard InChI is InChI=1S/C13H19N5S/c1-9-7-18(5-4-17(9)2)8-11-15-12(14)10-3-6-19-13(10)16-11/h3,6,9H,4-5,7-8H2,1-2H3,(H2,14,15,16). The molecule has 5 nitrogen and oxygen atoms in total. The molecule has 0 saturated carbocycles. The second-order valence-corrected chi connectivity index (χ2v) is 6.12. The Morgan fingerprint density at radius 1 is 1.42 bits per heavy atom. The van der Waals surface area contributed by atoms with Crippen molar-refractivity contribution in [1.29, 1.82) is 0 Å². The SMILES string of the molecule is CC1CN(Cc2nc(N)c3ccsc3n2)CCN1C.